The average Bonchev–Trinajstić information content (AvgIpc) is 3.39. The van der Waals surface area contributed by atoms with Crippen molar-refractivity contribution >= 4 is 40.0 Å². The lowest BCUT2D eigenvalue weighted by atomic mass is 9.95. The third-order valence-corrected chi connectivity index (χ3v) is 7.55. The number of ether oxygens (including phenoxy) is 1. The van der Waals surface area contributed by atoms with Gasteiger partial charge in [-0.1, -0.05) is 11.8 Å². The number of hydrogen-bond acceptors (Lipinski definition) is 7. The lowest BCUT2D eigenvalue weighted by molar-refractivity contribution is -0.113. The Morgan fingerprint density at radius 3 is 2.67 bits per heavy atom. The van der Waals surface area contributed by atoms with Crippen LogP contribution in [-0.2, 0) is 28.9 Å². The first-order valence-corrected chi connectivity index (χ1v) is 12.8. The molecule has 0 spiro atoms. The molecule has 10 heteroatoms. The van der Waals surface area contributed by atoms with Crippen molar-refractivity contribution in [1.29, 1.82) is 0 Å². The number of esters is 1. The van der Waals surface area contributed by atoms with Crippen molar-refractivity contribution in [3.63, 3.8) is 0 Å². The third kappa shape index (κ3) is 5.11. The van der Waals surface area contributed by atoms with Crippen molar-refractivity contribution in [2.75, 3.05) is 17.7 Å². The van der Waals surface area contributed by atoms with Crippen LogP contribution in [-0.4, -0.2) is 39.0 Å². The number of hydrogen-bond donors (Lipinski definition) is 1. The highest BCUT2D eigenvalue weighted by Crippen LogP contribution is 2.38. The molecule has 0 bridgehead atoms. The van der Waals surface area contributed by atoms with Crippen molar-refractivity contribution in [1.82, 2.24) is 14.8 Å². The Morgan fingerprint density at radius 2 is 1.94 bits per heavy atom. The molecule has 33 heavy (non-hydrogen) atoms. The Hall–Kier alpha value is -2.72. The molecule has 1 aromatic carbocycles. The van der Waals surface area contributed by atoms with Crippen LogP contribution in [0.1, 0.15) is 47.5 Å². The number of thioether (sulfide) groups is 1. The largest absolute Gasteiger partial charge is 0.462 e. The number of carbonyl (C=O) groups is 2. The normalized spacial score (nSPS) is 12.9. The van der Waals surface area contributed by atoms with Crippen molar-refractivity contribution in [3.05, 3.63) is 46.1 Å². The van der Waals surface area contributed by atoms with Crippen LogP contribution in [0.4, 0.5) is 9.39 Å². The maximum atomic E-state index is 13.3. The van der Waals surface area contributed by atoms with Gasteiger partial charge in [-0.25, -0.2) is 9.18 Å². The number of thiophene rings is 1. The number of nitrogens with zero attached hydrogens (tertiary/aromatic N) is 3. The van der Waals surface area contributed by atoms with Gasteiger partial charge in [0.2, 0.25) is 5.91 Å². The Kier molecular flexibility index (Phi) is 7.44. The first-order chi connectivity index (χ1) is 16.0. The van der Waals surface area contributed by atoms with Crippen LogP contribution >= 0.6 is 23.1 Å². The molecule has 0 saturated carbocycles. The van der Waals surface area contributed by atoms with Gasteiger partial charge in [-0.2, -0.15) is 0 Å². The molecular formula is C23H25FN4O3S2. The molecule has 3 aromatic rings. The second-order valence-corrected chi connectivity index (χ2v) is 9.58. The monoisotopic (exact) mass is 488 g/mol. The van der Waals surface area contributed by atoms with Crippen molar-refractivity contribution < 1.29 is 18.7 Å². The van der Waals surface area contributed by atoms with Gasteiger partial charge >= 0.3 is 5.97 Å². The number of halogens is 1. The number of aromatic nitrogens is 3. The molecule has 4 rings (SSSR count). The predicted molar refractivity (Wildman–Crippen MR) is 127 cm³/mol. The Balaban J connectivity index is 1.48. The Labute approximate surface area is 199 Å². The maximum absolute atomic E-state index is 13.3. The van der Waals surface area contributed by atoms with E-state index in [-0.39, 0.29) is 30.1 Å². The van der Waals surface area contributed by atoms with Crippen LogP contribution < -0.4 is 5.32 Å². The molecule has 1 aliphatic rings. The zero-order valence-electron chi connectivity index (χ0n) is 18.5. The third-order valence-electron chi connectivity index (χ3n) is 5.37. The van der Waals surface area contributed by atoms with Gasteiger partial charge in [-0.3, -0.25) is 4.79 Å². The molecule has 1 amide bonds. The highest BCUT2D eigenvalue weighted by molar-refractivity contribution is 7.99. The molecule has 2 heterocycles. The summed E-state index contributed by atoms with van der Waals surface area (Å²) >= 11 is 2.74. The zero-order chi connectivity index (χ0) is 23.4. The van der Waals surface area contributed by atoms with E-state index < -0.39 is 0 Å². The van der Waals surface area contributed by atoms with Crippen LogP contribution in [0.25, 0.3) is 11.4 Å². The minimum absolute atomic E-state index is 0.117. The topological polar surface area (TPSA) is 86.1 Å². The lowest BCUT2D eigenvalue weighted by Crippen LogP contribution is -2.17. The second-order valence-electron chi connectivity index (χ2n) is 7.53. The summed E-state index contributed by atoms with van der Waals surface area (Å²) < 4.78 is 20.4. The van der Waals surface area contributed by atoms with Gasteiger partial charge in [0.25, 0.3) is 0 Å². The van der Waals surface area contributed by atoms with E-state index >= 15 is 0 Å². The standard InChI is InChI=1S/C23H25FN4O3S2/c1-3-28-20(14-9-11-15(24)12-10-14)26-27-23(28)32-13-18(29)25-21-19(22(30)31-4-2)16-7-5-6-8-17(16)33-21/h9-12H,3-8,13H2,1-2H3,(H,25,29). The number of fused-ring (bicyclic) bond motifs is 1. The molecule has 2 aromatic heterocycles. The SMILES string of the molecule is CCOC(=O)c1c(NC(=O)CSc2nnc(-c3ccc(F)cc3)n2CC)sc2c1CCCC2. The van der Waals surface area contributed by atoms with Crippen LogP contribution in [0.3, 0.4) is 0 Å². The molecule has 0 unspecified atom stereocenters. The fraction of sp³-hybridized carbons (Fsp3) is 0.391. The minimum Gasteiger partial charge on any atom is -0.462 e. The molecule has 1 N–H and O–H groups in total. The summed E-state index contributed by atoms with van der Waals surface area (Å²) in [6.07, 6.45) is 3.86. The van der Waals surface area contributed by atoms with E-state index in [9.17, 15) is 14.0 Å². The highest BCUT2D eigenvalue weighted by atomic mass is 32.2. The van der Waals surface area contributed by atoms with Crippen LogP contribution in [0.15, 0.2) is 29.4 Å². The number of aryl methyl sites for hydroxylation is 1. The smallest absolute Gasteiger partial charge is 0.341 e. The molecule has 0 aliphatic heterocycles. The summed E-state index contributed by atoms with van der Waals surface area (Å²) in [4.78, 5) is 26.5. The number of nitrogens with one attached hydrogen (secondary N) is 1. The van der Waals surface area contributed by atoms with E-state index in [2.05, 4.69) is 15.5 Å². The number of amides is 1. The van der Waals surface area contributed by atoms with E-state index in [1.54, 1.807) is 19.1 Å². The Morgan fingerprint density at radius 1 is 1.18 bits per heavy atom. The van der Waals surface area contributed by atoms with Gasteiger partial charge < -0.3 is 14.6 Å². The number of benzene rings is 1. The molecule has 0 saturated heterocycles. The number of anilines is 1. The van der Waals surface area contributed by atoms with Crippen molar-refractivity contribution in [2.45, 2.75) is 51.2 Å². The Bertz CT molecular complexity index is 1160. The molecule has 0 radical (unpaired) electrons. The first-order valence-electron chi connectivity index (χ1n) is 10.9. The number of rotatable bonds is 8. The minimum atomic E-state index is -0.380. The van der Waals surface area contributed by atoms with Gasteiger partial charge in [0, 0.05) is 17.0 Å². The van der Waals surface area contributed by atoms with E-state index in [0.29, 0.717) is 28.1 Å². The fourth-order valence-corrected chi connectivity index (χ4v) is 5.95. The van der Waals surface area contributed by atoms with Crippen LogP contribution in [0, 0.1) is 5.82 Å². The van der Waals surface area contributed by atoms with Gasteiger partial charge in [0.1, 0.15) is 10.8 Å². The van der Waals surface area contributed by atoms with Crippen LogP contribution in [0.2, 0.25) is 0 Å². The fourth-order valence-electron chi connectivity index (χ4n) is 3.86. The molecule has 7 nitrogen and oxygen atoms in total. The molecule has 1 aliphatic carbocycles. The summed E-state index contributed by atoms with van der Waals surface area (Å²) in [5.41, 5.74) is 2.28. The quantitative estimate of drug-likeness (QED) is 0.357. The summed E-state index contributed by atoms with van der Waals surface area (Å²) in [7, 11) is 0. The zero-order valence-corrected chi connectivity index (χ0v) is 20.2. The summed E-state index contributed by atoms with van der Waals surface area (Å²) in [6, 6.07) is 6.07. The average molecular weight is 489 g/mol. The summed E-state index contributed by atoms with van der Waals surface area (Å²) in [5, 5.41) is 12.5. The van der Waals surface area contributed by atoms with Gasteiger partial charge in [0.15, 0.2) is 11.0 Å². The van der Waals surface area contributed by atoms with Crippen LogP contribution in [0.5, 0.6) is 0 Å². The van der Waals surface area contributed by atoms with Gasteiger partial charge in [-0.05, 0) is 69.4 Å². The predicted octanol–water partition coefficient (Wildman–Crippen LogP) is 4.95. The van der Waals surface area contributed by atoms with Crippen molar-refractivity contribution in [3.8, 4) is 11.4 Å². The summed E-state index contributed by atoms with van der Waals surface area (Å²) in [5.74, 6) is -0.180. The first kappa shape index (κ1) is 23.4. The number of carbonyl (C=O) groups excluding carboxylic acids is 2. The lowest BCUT2D eigenvalue weighted by Gasteiger charge is -2.12. The van der Waals surface area contributed by atoms with Gasteiger partial charge in [0.05, 0.1) is 17.9 Å². The van der Waals surface area contributed by atoms with Crippen molar-refractivity contribution in [2.24, 2.45) is 0 Å². The van der Waals surface area contributed by atoms with E-state index in [0.717, 1.165) is 41.7 Å². The molecule has 174 valence electrons. The van der Waals surface area contributed by atoms with E-state index in [1.165, 1.54) is 35.2 Å². The molecule has 0 fully saturated rings. The summed E-state index contributed by atoms with van der Waals surface area (Å²) in [6.45, 7) is 4.63. The van der Waals surface area contributed by atoms with E-state index in [4.69, 9.17) is 4.74 Å². The maximum Gasteiger partial charge on any atom is 0.341 e. The van der Waals surface area contributed by atoms with E-state index in [1.807, 2.05) is 11.5 Å². The van der Waals surface area contributed by atoms with Gasteiger partial charge in [-0.15, -0.1) is 21.5 Å². The molecule has 0 atom stereocenters. The second kappa shape index (κ2) is 10.5. The highest BCUT2D eigenvalue weighted by Gasteiger charge is 2.27. The molecular weight excluding hydrogens is 463 g/mol.